The summed E-state index contributed by atoms with van der Waals surface area (Å²) < 4.78 is 0. The molecule has 0 aliphatic carbocycles. The number of nitrogens with one attached hydrogen (secondary N) is 1. The second-order valence-corrected chi connectivity index (χ2v) is 4.75. The number of rotatable bonds is 1. The van der Waals surface area contributed by atoms with Gasteiger partial charge in [0.2, 0.25) is 0 Å². The molecule has 1 aromatic carbocycles. The molecule has 0 saturated carbocycles. The molecule has 3 rings (SSSR count). The predicted molar refractivity (Wildman–Crippen MR) is 75.0 cm³/mol. The van der Waals surface area contributed by atoms with E-state index in [0.29, 0.717) is 5.82 Å². The van der Waals surface area contributed by atoms with Crippen molar-refractivity contribution in [2.24, 2.45) is 0 Å². The highest BCUT2D eigenvalue weighted by Crippen LogP contribution is 2.35. The number of anilines is 3. The van der Waals surface area contributed by atoms with Gasteiger partial charge in [0.05, 0.1) is 17.1 Å². The molecule has 5 heteroatoms. The van der Waals surface area contributed by atoms with Crippen LogP contribution in [0.15, 0.2) is 24.3 Å². The van der Waals surface area contributed by atoms with E-state index in [-0.39, 0.29) is 0 Å². The number of fused-ring (bicyclic) bond motifs is 1. The van der Waals surface area contributed by atoms with Crippen LogP contribution in [0.25, 0.3) is 11.3 Å². The Bertz CT molecular complexity index is 575. The molecule has 1 aliphatic heterocycles. The summed E-state index contributed by atoms with van der Waals surface area (Å²) in [4.78, 5) is 4.55. The van der Waals surface area contributed by atoms with E-state index in [1.807, 2.05) is 6.07 Å². The van der Waals surface area contributed by atoms with Gasteiger partial charge in [-0.2, -0.15) is 5.10 Å². The van der Waals surface area contributed by atoms with E-state index in [9.17, 15) is 0 Å². The average Bonchev–Trinajstić information content (AvgIpc) is 2.80. The molecule has 2 aromatic rings. The number of nitrogens with two attached hydrogens (primary N) is 1. The largest absolute Gasteiger partial charge is 0.382 e. The molecule has 1 aromatic heterocycles. The van der Waals surface area contributed by atoms with Crippen LogP contribution >= 0.6 is 0 Å². The van der Waals surface area contributed by atoms with Crippen LogP contribution in [-0.4, -0.2) is 37.4 Å². The van der Waals surface area contributed by atoms with E-state index in [2.05, 4.69) is 52.3 Å². The van der Waals surface area contributed by atoms with Crippen molar-refractivity contribution in [1.29, 1.82) is 0 Å². The SMILES string of the molecule is CN1CCN(C)c2cc(-c3cc(N)n[nH]3)ccc21. The Balaban J connectivity index is 2.07. The lowest BCUT2D eigenvalue weighted by Crippen LogP contribution is -2.36. The fraction of sp³-hybridized carbons (Fsp3) is 0.308. The molecule has 5 nitrogen and oxygen atoms in total. The second kappa shape index (κ2) is 3.94. The van der Waals surface area contributed by atoms with Crippen LogP contribution in [0.5, 0.6) is 0 Å². The lowest BCUT2D eigenvalue weighted by Gasteiger charge is -2.34. The first-order chi connectivity index (χ1) is 8.65. The third-order valence-corrected chi connectivity index (χ3v) is 3.48. The Kier molecular flexibility index (Phi) is 2.40. The topological polar surface area (TPSA) is 61.2 Å². The summed E-state index contributed by atoms with van der Waals surface area (Å²) in [6.45, 7) is 2.10. The molecule has 1 aliphatic rings. The molecule has 0 radical (unpaired) electrons. The Labute approximate surface area is 106 Å². The van der Waals surface area contributed by atoms with Crippen LogP contribution in [0.1, 0.15) is 0 Å². The Morgan fingerprint density at radius 3 is 2.50 bits per heavy atom. The molecule has 0 atom stereocenters. The van der Waals surface area contributed by atoms with Crippen molar-refractivity contribution < 1.29 is 0 Å². The number of aromatic nitrogens is 2. The minimum Gasteiger partial charge on any atom is -0.382 e. The van der Waals surface area contributed by atoms with Gasteiger partial charge in [-0.25, -0.2) is 0 Å². The van der Waals surface area contributed by atoms with Gasteiger partial charge in [0, 0.05) is 38.8 Å². The number of H-pyrrole nitrogens is 1. The molecule has 0 unspecified atom stereocenters. The number of nitrogens with zero attached hydrogens (tertiary/aromatic N) is 3. The highest BCUT2D eigenvalue weighted by atomic mass is 15.2. The van der Waals surface area contributed by atoms with Crippen molar-refractivity contribution in [2.45, 2.75) is 0 Å². The molecule has 0 saturated heterocycles. The van der Waals surface area contributed by atoms with Crippen LogP contribution in [0.4, 0.5) is 17.2 Å². The van der Waals surface area contributed by atoms with E-state index >= 15 is 0 Å². The molecule has 0 bridgehead atoms. The number of aromatic amines is 1. The Morgan fingerprint density at radius 1 is 1.11 bits per heavy atom. The normalized spacial score (nSPS) is 14.8. The Hall–Kier alpha value is -2.17. The molecule has 3 N–H and O–H groups in total. The molecule has 0 spiro atoms. The fourth-order valence-corrected chi connectivity index (χ4v) is 2.35. The van der Waals surface area contributed by atoms with E-state index in [1.165, 1.54) is 11.4 Å². The lowest BCUT2D eigenvalue weighted by atomic mass is 10.1. The maximum absolute atomic E-state index is 5.64. The van der Waals surface area contributed by atoms with Gasteiger partial charge in [-0.15, -0.1) is 0 Å². The van der Waals surface area contributed by atoms with Crippen molar-refractivity contribution in [1.82, 2.24) is 10.2 Å². The van der Waals surface area contributed by atoms with Crippen LogP contribution in [0, 0.1) is 0 Å². The van der Waals surface area contributed by atoms with Crippen LogP contribution in [0.2, 0.25) is 0 Å². The Morgan fingerprint density at radius 2 is 1.83 bits per heavy atom. The van der Waals surface area contributed by atoms with Gasteiger partial charge in [-0.05, 0) is 12.1 Å². The standard InChI is InChI=1S/C13H17N5/c1-17-5-6-18(2)12-7-9(3-4-11(12)17)10-8-13(14)16-15-10/h3-4,7-8H,5-6H2,1-2H3,(H3,14,15,16). The number of hydrogen-bond acceptors (Lipinski definition) is 4. The van der Waals surface area contributed by atoms with Gasteiger partial charge in [0.15, 0.2) is 0 Å². The third kappa shape index (κ3) is 1.68. The van der Waals surface area contributed by atoms with Gasteiger partial charge in [0.25, 0.3) is 0 Å². The van der Waals surface area contributed by atoms with Crippen molar-refractivity contribution in [3.8, 4) is 11.3 Å². The van der Waals surface area contributed by atoms with Crippen molar-refractivity contribution >= 4 is 17.2 Å². The maximum atomic E-state index is 5.64. The molecule has 18 heavy (non-hydrogen) atoms. The average molecular weight is 243 g/mol. The molecular formula is C13H17N5. The third-order valence-electron chi connectivity index (χ3n) is 3.48. The maximum Gasteiger partial charge on any atom is 0.145 e. The zero-order valence-electron chi connectivity index (χ0n) is 10.6. The number of hydrogen-bond donors (Lipinski definition) is 2. The van der Waals surface area contributed by atoms with E-state index < -0.39 is 0 Å². The van der Waals surface area contributed by atoms with Crippen LogP contribution in [0.3, 0.4) is 0 Å². The molecule has 0 fully saturated rings. The first-order valence-corrected chi connectivity index (χ1v) is 6.03. The van der Waals surface area contributed by atoms with Gasteiger partial charge in [-0.3, -0.25) is 5.10 Å². The van der Waals surface area contributed by atoms with Crippen LogP contribution in [-0.2, 0) is 0 Å². The first kappa shape index (κ1) is 11.0. The summed E-state index contributed by atoms with van der Waals surface area (Å²) in [7, 11) is 4.25. The predicted octanol–water partition coefficient (Wildman–Crippen LogP) is 1.54. The number of nitrogen functional groups attached to an aromatic ring is 1. The highest BCUT2D eigenvalue weighted by Gasteiger charge is 2.18. The minimum atomic E-state index is 0.521. The first-order valence-electron chi connectivity index (χ1n) is 6.03. The van der Waals surface area contributed by atoms with E-state index in [1.54, 1.807) is 0 Å². The molecular weight excluding hydrogens is 226 g/mol. The van der Waals surface area contributed by atoms with Crippen molar-refractivity contribution in [3.05, 3.63) is 24.3 Å². The van der Waals surface area contributed by atoms with Gasteiger partial charge in [0.1, 0.15) is 5.82 Å². The summed E-state index contributed by atoms with van der Waals surface area (Å²) in [5.41, 5.74) is 10.2. The van der Waals surface area contributed by atoms with Gasteiger partial charge >= 0.3 is 0 Å². The fourth-order valence-electron chi connectivity index (χ4n) is 2.35. The van der Waals surface area contributed by atoms with E-state index in [0.717, 1.165) is 24.3 Å². The molecule has 0 amide bonds. The smallest absolute Gasteiger partial charge is 0.145 e. The van der Waals surface area contributed by atoms with Crippen molar-refractivity contribution in [3.63, 3.8) is 0 Å². The monoisotopic (exact) mass is 243 g/mol. The van der Waals surface area contributed by atoms with Gasteiger partial charge in [-0.1, -0.05) is 6.07 Å². The van der Waals surface area contributed by atoms with Gasteiger partial charge < -0.3 is 15.5 Å². The summed E-state index contributed by atoms with van der Waals surface area (Å²) >= 11 is 0. The minimum absolute atomic E-state index is 0.521. The zero-order valence-corrected chi connectivity index (χ0v) is 10.6. The summed E-state index contributed by atoms with van der Waals surface area (Å²) in [6.07, 6.45) is 0. The van der Waals surface area contributed by atoms with E-state index in [4.69, 9.17) is 5.73 Å². The van der Waals surface area contributed by atoms with Crippen LogP contribution < -0.4 is 15.5 Å². The number of benzene rings is 1. The zero-order chi connectivity index (χ0) is 12.7. The molecule has 2 heterocycles. The summed E-state index contributed by atoms with van der Waals surface area (Å²) in [5.74, 6) is 0.521. The lowest BCUT2D eigenvalue weighted by molar-refractivity contribution is 0.798. The summed E-state index contributed by atoms with van der Waals surface area (Å²) in [6, 6.07) is 8.28. The molecule has 94 valence electrons. The highest BCUT2D eigenvalue weighted by molar-refractivity contribution is 5.79. The quantitative estimate of drug-likeness (QED) is 0.797. The summed E-state index contributed by atoms with van der Waals surface area (Å²) in [5, 5.41) is 6.92. The van der Waals surface area contributed by atoms with Crippen molar-refractivity contribution in [2.75, 3.05) is 42.7 Å². The second-order valence-electron chi connectivity index (χ2n) is 4.75. The number of likely N-dealkylation sites (N-methyl/N-ethyl adjacent to an activating group) is 2.